The van der Waals surface area contributed by atoms with Gasteiger partial charge in [-0.25, -0.2) is 0 Å². The van der Waals surface area contributed by atoms with E-state index in [9.17, 15) is 9.59 Å². The van der Waals surface area contributed by atoms with Crippen LogP contribution in [0.15, 0.2) is 18.2 Å². The van der Waals surface area contributed by atoms with Gasteiger partial charge in [-0.1, -0.05) is 6.07 Å². The fraction of sp³-hybridized carbons (Fsp3) is 0.429. The van der Waals surface area contributed by atoms with Crippen molar-refractivity contribution in [2.24, 2.45) is 0 Å². The molecular weight excluding hydrogens is 244 g/mol. The number of amides is 2. The van der Waals surface area contributed by atoms with E-state index in [2.05, 4.69) is 5.32 Å². The molecule has 0 spiro atoms. The Morgan fingerprint density at radius 1 is 1.42 bits per heavy atom. The largest absolute Gasteiger partial charge is 0.484 e. The third-order valence-electron chi connectivity index (χ3n) is 3.24. The van der Waals surface area contributed by atoms with E-state index in [0.29, 0.717) is 18.7 Å². The molecular formula is C14H18N2O3. The van der Waals surface area contributed by atoms with E-state index in [1.54, 1.807) is 18.0 Å². The number of hydrogen-bond donors (Lipinski definition) is 1. The molecule has 0 fully saturated rings. The summed E-state index contributed by atoms with van der Waals surface area (Å²) in [6, 6.07) is 5.53. The smallest absolute Gasteiger partial charge is 0.260 e. The maximum absolute atomic E-state index is 11.6. The summed E-state index contributed by atoms with van der Waals surface area (Å²) in [5.41, 5.74) is 1.88. The van der Waals surface area contributed by atoms with E-state index in [1.807, 2.05) is 19.1 Å². The molecule has 1 aliphatic rings. The summed E-state index contributed by atoms with van der Waals surface area (Å²) >= 11 is 0. The van der Waals surface area contributed by atoms with E-state index < -0.39 is 0 Å². The van der Waals surface area contributed by atoms with Crippen molar-refractivity contribution in [2.75, 3.05) is 25.5 Å². The first-order chi connectivity index (χ1) is 9.10. The summed E-state index contributed by atoms with van der Waals surface area (Å²) < 4.78 is 5.45. The Bertz CT molecular complexity index is 499. The molecule has 0 saturated carbocycles. The second kappa shape index (κ2) is 5.73. The van der Waals surface area contributed by atoms with Crippen LogP contribution in [0.4, 0.5) is 5.69 Å². The number of likely N-dealkylation sites (N-methyl/N-ethyl adjacent to an activating group) is 1. The number of nitrogens with one attached hydrogen (secondary N) is 1. The fourth-order valence-electron chi connectivity index (χ4n) is 1.87. The Morgan fingerprint density at radius 3 is 2.95 bits per heavy atom. The van der Waals surface area contributed by atoms with E-state index in [4.69, 9.17) is 4.74 Å². The maximum atomic E-state index is 11.6. The Labute approximate surface area is 112 Å². The Hall–Kier alpha value is -2.04. The lowest BCUT2D eigenvalue weighted by atomic mass is 10.0. The van der Waals surface area contributed by atoms with Crippen molar-refractivity contribution in [1.82, 2.24) is 4.90 Å². The van der Waals surface area contributed by atoms with Gasteiger partial charge in [0.15, 0.2) is 6.61 Å². The standard InChI is InChI=1S/C14H18N2O3/c1-3-16(2)14(18)9-19-11-6-4-10-5-7-13(17)15-12(10)8-11/h4,6,8H,3,5,7,9H2,1-2H3,(H,15,17). The van der Waals surface area contributed by atoms with E-state index >= 15 is 0 Å². The van der Waals surface area contributed by atoms with Crippen LogP contribution in [0.2, 0.25) is 0 Å². The zero-order chi connectivity index (χ0) is 13.8. The fourth-order valence-corrected chi connectivity index (χ4v) is 1.87. The molecule has 1 aliphatic heterocycles. The highest BCUT2D eigenvalue weighted by atomic mass is 16.5. The lowest BCUT2D eigenvalue weighted by Gasteiger charge is -2.18. The molecule has 0 atom stereocenters. The molecule has 1 heterocycles. The van der Waals surface area contributed by atoms with Crippen LogP contribution < -0.4 is 10.1 Å². The Morgan fingerprint density at radius 2 is 2.21 bits per heavy atom. The zero-order valence-corrected chi connectivity index (χ0v) is 11.2. The minimum atomic E-state index is -0.0655. The predicted molar refractivity (Wildman–Crippen MR) is 72.2 cm³/mol. The van der Waals surface area contributed by atoms with Crippen LogP contribution in [-0.2, 0) is 16.0 Å². The maximum Gasteiger partial charge on any atom is 0.260 e. The molecule has 2 rings (SSSR count). The van der Waals surface area contributed by atoms with Gasteiger partial charge in [-0.15, -0.1) is 0 Å². The topological polar surface area (TPSA) is 58.6 Å². The molecule has 0 saturated heterocycles. The van der Waals surface area contributed by atoms with Crippen molar-refractivity contribution in [2.45, 2.75) is 19.8 Å². The Balaban J connectivity index is 2.00. The van der Waals surface area contributed by atoms with E-state index in [-0.39, 0.29) is 18.4 Å². The molecule has 1 aromatic carbocycles. The molecule has 0 unspecified atom stereocenters. The molecule has 0 bridgehead atoms. The van der Waals surface area contributed by atoms with Crippen LogP contribution in [0.5, 0.6) is 5.75 Å². The van der Waals surface area contributed by atoms with Crippen LogP contribution in [-0.4, -0.2) is 36.9 Å². The summed E-state index contributed by atoms with van der Waals surface area (Å²) in [5.74, 6) is 0.550. The quantitative estimate of drug-likeness (QED) is 0.893. The summed E-state index contributed by atoms with van der Waals surface area (Å²) in [4.78, 5) is 24.5. The van der Waals surface area contributed by atoms with Crippen molar-refractivity contribution >= 4 is 17.5 Å². The number of rotatable bonds is 4. The molecule has 19 heavy (non-hydrogen) atoms. The summed E-state index contributed by atoms with van der Waals surface area (Å²) in [6.07, 6.45) is 1.27. The van der Waals surface area contributed by atoms with Crippen LogP contribution in [0, 0.1) is 0 Å². The third-order valence-corrected chi connectivity index (χ3v) is 3.24. The molecule has 1 aromatic rings. The minimum absolute atomic E-state index is 0.0110. The highest BCUT2D eigenvalue weighted by Gasteiger charge is 2.15. The van der Waals surface area contributed by atoms with Crippen LogP contribution in [0.1, 0.15) is 18.9 Å². The molecule has 1 N–H and O–H groups in total. The number of fused-ring (bicyclic) bond motifs is 1. The molecule has 0 aromatic heterocycles. The van der Waals surface area contributed by atoms with Gasteiger partial charge in [0.05, 0.1) is 0 Å². The highest BCUT2D eigenvalue weighted by Crippen LogP contribution is 2.27. The van der Waals surface area contributed by atoms with Crippen molar-refractivity contribution in [3.63, 3.8) is 0 Å². The van der Waals surface area contributed by atoms with Crippen molar-refractivity contribution in [1.29, 1.82) is 0 Å². The first-order valence-electron chi connectivity index (χ1n) is 6.39. The molecule has 2 amide bonds. The number of ether oxygens (including phenoxy) is 1. The van der Waals surface area contributed by atoms with Gasteiger partial charge in [0.25, 0.3) is 5.91 Å². The number of carbonyl (C=O) groups excluding carboxylic acids is 2. The number of nitrogens with zero attached hydrogens (tertiary/aromatic N) is 1. The molecule has 0 radical (unpaired) electrons. The average molecular weight is 262 g/mol. The lowest BCUT2D eigenvalue weighted by Crippen LogP contribution is -2.31. The average Bonchev–Trinajstić information content (AvgIpc) is 2.43. The monoisotopic (exact) mass is 262 g/mol. The first-order valence-corrected chi connectivity index (χ1v) is 6.39. The van der Waals surface area contributed by atoms with Crippen LogP contribution in [0.3, 0.4) is 0 Å². The number of benzene rings is 1. The number of anilines is 1. The highest BCUT2D eigenvalue weighted by molar-refractivity contribution is 5.94. The van der Waals surface area contributed by atoms with Gasteiger partial charge in [0.1, 0.15) is 5.75 Å². The van der Waals surface area contributed by atoms with Crippen molar-refractivity contribution in [3.8, 4) is 5.75 Å². The summed E-state index contributed by atoms with van der Waals surface area (Å²) in [5, 5.41) is 2.81. The second-order valence-electron chi connectivity index (χ2n) is 4.56. The van der Waals surface area contributed by atoms with Crippen molar-refractivity contribution < 1.29 is 14.3 Å². The molecule has 5 nitrogen and oxygen atoms in total. The SMILES string of the molecule is CCN(C)C(=O)COc1ccc2c(c1)NC(=O)CC2. The Kier molecular flexibility index (Phi) is 4.04. The van der Waals surface area contributed by atoms with Crippen LogP contribution >= 0.6 is 0 Å². The van der Waals surface area contributed by atoms with Gasteiger partial charge >= 0.3 is 0 Å². The zero-order valence-electron chi connectivity index (χ0n) is 11.2. The van der Waals surface area contributed by atoms with Crippen LogP contribution in [0.25, 0.3) is 0 Å². The number of carbonyl (C=O) groups is 2. The van der Waals surface area contributed by atoms with Gasteiger partial charge in [0, 0.05) is 31.8 Å². The third kappa shape index (κ3) is 3.24. The minimum Gasteiger partial charge on any atom is -0.484 e. The van der Waals surface area contributed by atoms with Crippen molar-refractivity contribution in [3.05, 3.63) is 23.8 Å². The van der Waals surface area contributed by atoms with E-state index in [1.165, 1.54) is 0 Å². The summed E-state index contributed by atoms with van der Waals surface area (Å²) in [7, 11) is 1.73. The lowest BCUT2D eigenvalue weighted by molar-refractivity contribution is -0.131. The van der Waals surface area contributed by atoms with Gasteiger partial charge in [-0.05, 0) is 25.0 Å². The second-order valence-corrected chi connectivity index (χ2v) is 4.56. The van der Waals surface area contributed by atoms with Gasteiger partial charge in [0.2, 0.25) is 5.91 Å². The first kappa shape index (κ1) is 13.4. The van der Waals surface area contributed by atoms with Gasteiger partial charge in [-0.2, -0.15) is 0 Å². The summed E-state index contributed by atoms with van der Waals surface area (Å²) in [6.45, 7) is 2.58. The number of aryl methyl sites for hydroxylation is 1. The van der Waals surface area contributed by atoms with E-state index in [0.717, 1.165) is 17.7 Å². The number of hydrogen-bond acceptors (Lipinski definition) is 3. The van der Waals surface area contributed by atoms with Gasteiger partial charge < -0.3 is 15.0 Å². The molecule has 102 valence electrons. The van der Waals surface area contributed by atoms with Gasteiger partial charge in [-0.3, -0.25) is 9.59 Å². The normalized spacial score (nSPS) is 13.5. The predicted octanol–water partition coefficient (Wildman–Crippen LogP) is 1.43. The molecule has 0 aliphatic carbocycles. The molecule has 5 heteroatoms.